The van der Waals surface area contributed by atoms with E-state index in [1.165, 1.54) is 25.7 Å². The van der Waals surface area contributed by atoms with Crippen LogP contribution in [0.15, 0.2) is 59.6 Å². The molecular weight excluding hydrogens is 348 g/mol. The van der Waals surface area contributed by atoms with E-state index in [9.17, 15) is 15.3 Å². The second-order valence-electron chi connectivity index (χ2n) is 5.06. The Kier molecular flexibility index (Phi) is 32.7. The average molecular weight is 382 g/mol. The summed E-state index contributed by atoms with van der Waals surface area (Å²) < 4.78 is 1.58. The third-order valence-electron chi connectivity index (χ3n) is 2.79. The van der Waals surface area contributed by atoms with Crippen molar-refractivity contribution >= 4 is 0 Å². The van der Waals surface area contributed by atoms with Crippen LogP contribution in [0.4, 0.5) is 0 Å². The molecule has 0 atom stereocenters. The van der Waals surface area contributed by atoms with Gasteiger partial charge in [-0.25, -0.2) is 0 Å². The number of hydrogen-bond donors (Lipinski definition) is 0. The fraction of sp³-hybridized carbons (Fsp3) is 0.524. The Morgan fingerprint density at radius 3 is 1.60 bits per heavy atom. The summed E-state index contributed by atoms with van der Waals surface area (Å²) in [5.41, 5.74) is 1.59. The van der Waals surface area contributed by atoms with Crippen molar-refractivity contribution in [1.82, 2.24) is 0 Å². The number of unbranched alkanes of at least 4 members (excludes halogenated alkanes) is 1. The second kappa shape index (κ2) is 28.1. The van der Waals surface area contributed by atoms with Crippen molar-refractivity contribution < 1.29 is 35.8 Å². The summed E-state index contributed by atoms with van der Waals surface area (Å²) in [6.45, 7) is 12.2. The molecule has 0 amide bonds. The van der Waals surface area contributed by atoms with Crippen LogP contribution in [0.3, 0.4) is 0 Å². The van der Waals surface area contributed by atoms with Crippen molar-refractivity contribution in [3.05, 3.63) is 59.6 Å². The molecule has 0 bridgehead atoms. The molecule has 0 saturated heterocycles. The van der Waals surface area contributed by atoms with E-state index < -0.39 is 0 Å². The van der Waals surface area contributed by atoms with E-state index in [0.29, 0.717) is 19.3 Å². The zero-order valence-corrected chi connectivity index (χ0v) is 17.4. The van der Waals surface area contributed by atoms with Crippen molar-refractivity contribution in [2.24, 2.45) is 0 Å². The Hall–Kier alpha value is -0.706. The summed E-state index contributed by atoms with van der Waals surface area (Å²) in [6.07, 6.45) is 16.3. The van der Waals surface area contributed by atoms with Gasteiger partial charge in [-0.2, -0.15) is 0 Å². The molecule has 0 spiro atoms. The zero-order chi connectivity index (χ0) is 19.8. The van der Waals surface area contributed by atoms with Crippen molar-refractivity contribution in [2.45, 2.75) is 51.9 Å². The Morgan fingerprint density at radius 1 is 0.960 bits per heavy atom. The van der Waals surface area contributed by atoms with E-state index in [1.54, 1.807) is 27.7 Å². The number of hydrogen-bond acceptors (Lipinski definition) is 3. The molecule has 4 heteroatoms. The summed E-state index contributed by atoms with van der Waals surface area (Å²) >= 11 is 2.24. The Morgan fingerprint density at radius 2 is 1.40 bits per heavy atom. The molecule has 25 heavy (non-hydrogen) atoms. The van der Waals surface area contributed by atoms with Crippen molar-refractivity contribution in [3.8, 4) is 0 Å². The van der Waals surface area contributed by atoms with Crippen LogP contribution >= 0.6 is 0 Å². The molecule has 3 nitrogen and oxygen atoms in total. The van der Waals surface area contributed by atoms with Gasteiger partial charge < -0.3 is 15.3 Å². The Balaban J connectivity index is -0.000000279. The molecule has 0 aliphatic heterocycles. The first-order valence-corrected chi connectivity index (χ1v) is 9.54. The number of rotatable bonds is 9. The summed E-state index contributed by atoms with van der Waals surface area (Å²) in [6, 6.07) is 0. The molecule has 0 unspecified atom stereocenters. The molecular formula is C21H34O3Ti. The van der Waals surface area contributed by atoms with Gasteiger partial charge in [0.25, 0.3) is 0 Å². The molecule has 0 saturated carbocycles. The van der Waals surface area contributed by atoms with Crippen LogP contribution in [-0.2, 0) is 20.4 Å². The van der Waals surface area contributed by atoms with Gasteiger partial charge in [0.15, 0.2) is 0 Å². The van der Waals surface area contributed by atoms with Crippen LogP contribution in [0.25, 0.3) is 0 Å². The van der Waals surface area contributed by atoms with E-state index in [4.69, 9.17) is 0 Å². The minimum absolute atomic E-state index is 0.0243. The molecule has 0 heterocycles. The van der Waals surface area contributed by atoms with E-state index >= 15 is 0 Å². The van der Waals surface area contributed by atoms with Crippen LogP contribution in [0, 0.1) is 0 Å². The molecule has 1 aliphatic carbocycles. The molecule has 140 valence electrons. The molecule has 0 aromatic heterocycles. The molecule has 1 aliphatic rings. The summed E-state index contributed by atoms with van der Waals surface area (Å²) in [5.74, 6) is 0. The first kappa shape index (κ1) is 29.1. The van der Waals surface area contributed by atoms with Gasteiger partial charge in [-0.15, -0.1) is 39.6 Å². The normalized spacial score (nSPS) is 11.3. The third-order valence-corrected chi connectivity index (χ3v) is 3.61. The van der Waals surface area contributed by atoms with Gasteiger partial charge in [-0.05, 0) is 0 Å². The van der Waals surface area contributed by atoms with E-state index in [1.807, 2.05) is 0 Å². The van der Waals surface area contributed by atoms with E-state index in [0.717, 1.165) is 0 Å². The maximum absolute atomic E-state index is 9.46. The fourth-order valence-electron chi connectivity index (χ4n) is 1.40. The second-order valence-corrected chi connectivity index (χ2v) is 6.00. The van der Waals surface area contributed by atoms with E-state index in [-0.39, 0.29) is 19.8 Å². The summed E-state index contributed by atoms with van der Waals surface area (Å²) in [7, 11) is 0. The predicted molar refractivity (Wildman–Crippen MR) is 99.4 cm³/mol. The van der Waals surface area contributed by atoms with Gasteiger partial charge in [0.1, 0.15) is 0 Å². The monoisotopic (exact) mass is 382 g/mol. The van der Waals surface area contributed by atoms with Crippen LogP contribution < -0.4 is 15.3 Å². The molecule has 0 fully saturated rings. The topological polar surface area (TPSA) is 69.2 Å². The van der Waals surface area contributed by atoms with Gasteiger partial charge in [0, 0.05) is 0 Å². The van der Waals surface area contributed by atoms with Gasteiger partial charge in [0.05, 0.1) is 0 Å². The number of allylic oxidation sites excluding steroid dienone is 4. The van der Waals surface area contributed by atoms with Crippen LogP contribution in [0.5, 0.6) is 0 Å². The van der Waals surface area contributed by atoms with Crippen LogP contribution in [0.1, 0.15) is 51.9 Å². The summed E-state index contributed by atoms with van der Waals surface area (Å²) in [5, 5.41) is 28.4. The molecule has 0 N–H and O–H groups in total. The van der Waals surface area contributed by atoms with Crippen molar-refractivity contribution in [1.29, 1.82) is 0 Å². The van der Waals surface area contributed by atoms with Crippen LogP contribution in [0.2, 0.25) is 0 Å². The average Bonchev–Trinajstić information content (AvgIpc) is 3.02. The minimum atomic E-state index is -0.0243. The first-order valence-electron chi connectivity index (χ1n) is 8.76. The first-order chi connectivity index (χ1) is 12.1. The zero-order valence-electron chi connectivity index (χ0n) is 15.8. The van der Waals surface area contributed by atoms with Crippen LogP contribution in [-0.4, -0.2) is 19.8 Å². The quantitative estimate of drug-likeness (QED) is 0.455. The molecule has 0 radical (unpaired) electrons. The third kappa shape index (κ3) is 28.4. The maximum atomic E-state index is 9.46. The predicted octanol–water partition coefficient (Wildman–Crippen LogP) is 2.71. The SMILES string of the molecule is C=CCC[O-].C=CCC[O-].C=CCC[O-].CCCCC1=[C]([Ti+3])CC=C1. The standard InChI is InChI=1S/C9H13.3C4H7O.Ti/c1-2-3-6-9-7-4-5-8-9;3*1-2-3-4-5;/h4,7H,2-3,5-6H2,1H3;3*2H,1,3-4H2;/q;3*-1;+3. The van der Waals surface area contributed by atoms with E-state index in [2.05, 4.69) is 59.2 Å². The molecule has 1 rings (SSSR count). The molecule has 0 aromatic carbocycles. The molecule has 0 aromatic rings. The van der Waals surface area contributed by atoms with Gasteiger partial charge in [-0.1, -0.05) is 37.5 Å². The van der Waals surface area contributed by atoms with Gasteiger partial charge >= 0.3 is 74.6 Å². The summed E-state index contributed by atoms with van der Waals surface area (Å²) in [4.78, 5) is 0. The Labute approximate surface area is 167 Å². The van der Waals surface area contributed by atoms with Crippen molar-refractivity contribution in [3.63, 3.8) is 0 Å². The van der Waals surface area contributed by atoms with Gasteiger partial charge in [0.2, 0.25) is 0 Å². The van der Waals surface area contributed by atoms with Crippen molar-refractivity contribution in [2.75, 3.05) is 19.8 Å². The fourth-order valence-corrected chi connectivity index (χ4v) is 1.91. The van der Waals surface area contributed by atoms with Gasteiger partial charge in [-0.3, -0.25) is 0 Å². The Bertz CT molecular complexity index is 336.